The molecule has 0 saturated heterocycles. The van der Waals surface area contributed by atoms with Crippen molar-refractivity contribution >= 4 is 24.0 Å². The molecule has 1 N–H and O–H groups in total. The van der Waals surface area contributed by atoms with Gasteiger partial charge in [0.15, 0.2) is 0 Å². The number of anilines is 1. The maximum atomic E-state index is 13.0. The Morgan fingerprint density at radius 2 is 1.77 bits per heavy atom. The number of rotatable bonds is 1. The van der Waals surface area contributed by atoms with Gasteiger partial charge >= 0.3 is 0 Å². The first-order chi connectivity index (χ1) is 10.3. The highest BCUT2D eigenvalue weighted by Gasteiger charge is 2.35. The summed E-state index contributed by atoms with van der Waals surface area (Å²) >= 11 is 0. The molecule has 1 unspecified atom stereocenters. The fraction of sp³-hybridized carbons (Fsp3) is 0.278. The van der Waals surface area contributed by atoms with Crippen LogP contribution in [-0.4, -0.2) is 19.0 Å². The molecule has 0 bridgehead atoms. The Morgan fingerprint density at radius 1 is 1.05 bits per heavy atom. The first-order valence-electron chi connectivity index (χ1n) is 7.52. The molecule has 0 spiro atoms. The minimum absolute atomic E-state index is 0. The Hall–Kier alpha value is -1.84. The van der Waals surface area contributed by atoms with E-state index in [9.17, 15) is 4.79 Å². The lowest BCUT2D eigenvalue weighted by atomic mass is 9.76. The second-order valence-corrected chi connectivity index (χ2v) is 5.75. The zero-order valence-corrected chi connectivity index (χ0v) is 13.1. The number of amides is 1. The molecule has 114 valence electrons. The van der Waals surface area contributed by atoms with Gasteiger partial charge in [0, 0.05) is 25.3 Å². The Morgan fingerprint density at radius 3 is 2.59 bits per heavy atom. The molecule has 3 nitrogen and oxygen atoms in total. The molecule has 0 aromatic heterocycles. The maximum Gasteiger partial charge on any atom is 0.234 e. The monoisotopic (exact) mass is 314 g/mol. The summed E-state index contributed by atoms with van der Waals surface area (Å²) in [4.78, 5) is 14.9. The maximum absolute atomic E-state index is 13.0. The number of carbonyl (C=O) groups excluding carboxylic acids is 1. The van der Waals surface area contributed by atoms with Gasteiger partial charge in [0.05, 0.1) is 5.92 Å². The minimum Gasteiger partial charge on any atom is -0.311 e. The lowest BCUT2D eigenvalue weighted by molar-refractivity contribution is -0.120. The van der Waals surface area contributed by atoms with E-state index in [0.29, 0.717) is 0 Å². The van der Waals surface area contributed by atoms with Crippen molar-refractivity contribution in [3.8, 4) is 0 Å². The van der Waals surface area contributed by atoms with Gasteiger partial charge in [-0.3, -0.25) is 4.79 Å². The third-order valence-corrected chi connectivity index (χ3v) is 4.53. The zero-order chi connectivity index (χ0) is 14.2. The lowest BCUT2D eigenvalue weighted by Crippen LogP contribution is -2.41. The zero-order valence-electron chi connectivity index (χ0n) is 12.3. The standard InChI is InChI=1S/C18H18N2O.ClH/c21-18(16-11-13-5-1-3-7-15(13)16)20-10-9-19-12-14-6-2-4-8-17(14)20;/h1-8,16,19H,9-12H2;1H. The van der Waals surface area contributed by atoms with Gasteiger partial charge in [-0.15, -0.1) is 12.4 Å². The van der Waals surface area contributed by atoms with Crippen LogP contribution in [0.5, 0.6) is 0 Å². The molecule has 4 heteroatoms. The number of nitrogens with zero attached hydrogens (tertiary/aromatic N) is 1. The van der Waals surface area contributed by atoms with Crippen LogP contribution in [0.3, 0.4) is 0 Å². The average Bonchev–Trinajstić information content (AvgIpc) is 2.71. The molecule has 1 aliphatic heterocycles. The van der Waals surface area contributed by atoms with Crippen LogP contribution in [0.25, 0.3) is 0 Å². The summed E-state index contributed by atoms with van der Waals surface area (Å²) in [6, 6.07) is 16.5. The Kier molecular flexibility index (Phi) is 4.19. The number of fused-ring (bicyclic) bond motifs is 2. The van der Waals surface area contributed by atoms with E-state index in [1.54, 1.807) is 0 Å². The van der Waals surface area contributed by atoms with Gasteiger partial charge in [-0.1, -0.05) is 42.5 Å². The van der Waals surface area contributed by atoms with Crippen LogP contribution < -0.4 is 10.2 Å². The fourth-order valence-electron chi connectivity index (χ4n) is 3.35. The van der Waals surface area contributed by atoms with Crippen LogP contribution in [0.4, 0.5) is 5.69 Å². The highest BCUT2D eigenvalue weighted by Crippen LogP contribution is 2.37. The van der Waals surface area contributed by atoms with Crippen LogP contribution in [0, 0.1) is 0 Å². The molecule has 1 amide bonds. The molecule has 22 heavy (non-hydrogen) atoms. The van der Waals surface area contributed by atoms with Crippen molar-refractivity contribution in [2.75, 3.05) is 18.0 Å². The predicted molar refractivity (Wildman–Crippen MR) is 90.6 cm³/mol. The summed E-state index contributed by atoms with van der Waals surface area (Å²) in [5.41, 5.74) is 4.79. The molecule has 4 rings (SSSR count). The van der Waals surface area contributed by atoms with Crippen molar-refractivity contribution in [1.29, 1.82) is 0 Å². The Bertz CT molecular complexity index is 701. The third kappa shape index (κ3) is 2.40. The molecule has 2 aromatic rings. The van der Waals surface area contributed by atoms with Crippen molar-refractivity contribution in [3.63, 3.8) is 0 Å². The molecule has 2 aromatic carbocycles. The van der Waals surface area contributed by atoms with E-state index in [-0.39, 0.29) is 24.2 Å². The SMILES string of the molecule is Cl.O=C(C1Cc2ccccc21)N1CCNCc2ccccc21. The molecule has 0 saturated carbocycles. The highest BCUT2D eigenvalue weighted by atomic mass is 35.5. The number of para-hydroxylation sites is 1. The van der Waals surface area contributed by atoms with Crippen LogP contribution in [0.2, 0.25) is 0 Å². The molecular weight excluding hydrogens is 296 g/mol. The van der Waals surface area contributed by atoms with E-state index >= 15 is 0 Å². The largest absolute Gasteiger partial charge is 0.311 e. The van der Waals surface area contributed by atoms with Gasteiger partial charge in [0.1, 0.15) is 0 Å². The Labute approximate surface area is 136 Å². The summed E-state index contributed by atoms with van der Waals surface area (Å²) in [6.07, 6.45) is 0.876. The van der Waals surface area contributed by atoms with Crippen LogP contribution in [-0.2, 0) is 17.8 Å². The van der Waals surface area contributed by atoms with Crippen molar-refractivity contribution < 1.29 is 4.79 Å². The smallest absolute Gasteiger partial charge is 0.234 e. The van der Waals surface area contributed by atoms with E-state index in [4.69, 9.17) is 0 Å². The topological polar surface area (TPSA) is 32.3 Å². The summed E-state index contributed by atoms with van der Waals surface area (Å²) < 4.78 is 0. The number of nitrogens with one attached hydrogen (secondary N) is 1. The molecule has 0 radical (unpaired) electrons. The van der Waals surface area contributed by atoms with Crippen molar-refractivity contribution in [1.82, 2.24) is 5.32 Å². The van der Waals surface area contributed by atoms with Gasteiger partial charge in [-0.05, 0) is 29.2 Å². The van der Waals surface area contributed by atoms with E-state index in [1.807, 2.05) is 29.2 Å². The van der Waals surface area contributed by atoms with Gasteiger partial charge in [-0.2, -0.15) is 0 Å². The van der Waals surface area contributed by atoms with Crippen LogP contribution in [0.15, 0.2) is 48.5 Å². The summed E-state index contributed by atoms with van der Waals surface area (Å²) in [7, 11) is 0. The predicted octanol–water partition coefficient (Wildman–Crippen LogP) is 2.88. The van der Waals surface area contributed by atoms with Crippen molar-refractivity contribution in [2.24, 2.45) is 0 Å². The Balaban J connectivity index is 0.00000144. The minimum atomic E-state index is 0. The second-order valence-electron chi connectivity index (χ2n) is 5.75. The summed E-state index contributed by atoms with van der Waals surface area (Å²) in [5, 5.41) is 3.39. The number of carbonyl (C=O) groups is 1. The molecule has 1 aliphatic carbocycles. The number of halogens is 1. The fourth-order valence-corrected chi connectivity index (χ4v) is 3.35. The van der Waals surface area contributed by atoms with Crippen LogP contribution in [0.1, 0.15) is 22.6 Å². The van der Waals surface area contributed by atoms with E-state index in [2.05, 4.69) is 29.6 Å². The second kappa shape index (κ2) is 6.11. The summed E-state index contributed by atoms with van der Waals surface area (Å²) in [5.74, 6) is 0.275. The van der Waals surface area contributed by atoms with Crippen molar-refractivity contribution in [3.05, 3.63) is 65.2 Å². The van der Waals surface area contributed by atoms with Gasteiger partial charge in [0.25, 0.3) is 0 Å². The lowest BCUT2D eigenvalue weighted by Gasteiger charge is -2.34. The van der Waals surface area contributed by atoms with E-state index < -0.39 is 0 Å². The average molecular weight is 315 g/mol. The highest BCUT2D eigenvalue weighted by molar-refractivity contribution is 6.00. The molecule has 2 aliphatic rings. The molecule has 1 heterocycles. The molecular formula is C18H19ClN2O. The normalized spacial score (nSPS) is 19.1. The quantitative estimate of drug-likeness (QED) is 0.878. The summed E-state index contributed by atoms with van der Waals surface area (Å²) in [6.45, 7) is 2.42. The first kappa shape index (κ1) is 15.1. The van der Waals surface area contributed by atoms with Crippen molar-refractivity contribution in [2.45, 2.75) is 18.9 Å². The van der Waals surface area contributed by atoms with Crippen LogP contribution >= 0.6 is 12.4 Å². The van der Waals surface area contributed by atoms with Gasteiger partial charge in [-0.25, -0.2) is 0 Å². The van der Waals surface area contributed by atoms with E-state index in [0.717, 1.165) is 31.7 Å². The number of benzene rings is 2. The third-order valence-electron chi connectivity index (χ3n) is 4.53. The van der Waals surface area contributed by atoms with Gasteiger partial charge in [0.2, 0.25) is 5.91 Å². The van der Waals surface area contributed by atoms with E-state index in [1.165, 1.54) is 16.7 Å². The molecule has 0 fully saturated rings. The first-order valence-corrected chi connectivity index (χ1v) is 7.52. The number of hydrogen-bond donors (Lipinski definition) is 1. The number of hydrogen-bond acceptors (Lipinski definition) is 2. The molecule has 1 atom stereocenters. The van der Waals surface area contributed by atoms with Gasteiger partial charge < -0.3 is 10.2 Å².